The van der Waals surface area contributed by atoms with Crippen LogP contribution in [-0.4, -0.2) is 9.78 Å². The predicted molar refractivity (Wildman–Crippen MR) is 37.0 cm³/mol. The third kappa shape index (κ3) is 1.10. The monoisotopic (exact) mass is 143 g/mol. The number of nitrogens with zero attached hydrogens (tertiary/aromatic N) is 2. The van der Waals surface area contributed by atoms with Gasteiger partial charge >= 0.3 is 0 Å². The highest BCUT2D eigenvalue weighted by Gasteiger charge is 2.06. The van der Waals surface area contributed by atoms with Gasteiger partial charge in [0.1, 0.15) is 5.82 Å². The quantitative estimate of drug-likeness (QED) is 0.641. The summed E-state index contributed by atoms with van der Waals surface area (Å²) in [5.41, 5.74) is 5.25. The molecule has 1 rings (SSSR count). The molecule has 0 amide bonds. The van der Waals surface area contributed by atoms with Gasteiger partial charge in [0.25, 0.3) is 0 Å². The molecule has 0 atom stereocenters. The summed E-state index contributed by atoms with van der Waals surface area (Å²) in [4.78, 5) is 0. The summed E-state index contributed by atoms with van der Waals surface area (Å²) in [6, 6.07) is 1.23. The van der Waals surface area contributed by atoms with Crippen LogP contribution in [-0.2, 0) is 0 Å². The molecule has 0 radical (unpaired) electrons. The van der Waals surface area contributed by atoms with Crippen molar-refractivity contribution in [3.8, 4) is 0 Å². The Morgan fingerprint density at radius 3 is 2.50 bits per heavy atom. The highest BCUT2D eigenvalue weighted by Crippen LogP contribution is 2.09. The number of rotatable bonds is 1. The maximum atomic E-state index is 12.7. The average molecular weight is 143 g/mol. The zero-order chi connectivity index (χ0) is 7.72. The molecule has 0 aliphatic rings. The lowest BCUT2D eigenvalue weighted by Gasteiger charge is -2.03. The van der Waals surface area contributed by atoms with E-state index >= 15 is 0 Å². The number of hydrogen-bond acceptors (Lipinski definition) is 2. The summed E-state index contributed by atoms with van der Waals surface area (Å²) in [6.45, 7) is 3.69. The number of hydrogen-bond donors (Lipinski definition) is 1. The van der Waals surface area contributed by atoms with E-state index in [9.17, 15) is 4.39 Å². The van der Waals surface area contributed by atoms with Crippen molar-refractivity contribution < 1.29 is 4.39 Å². The SMILES string of the molecule is CC(C)n1nc(N)cc1F. The third-order valence-corrected chi connectivity index (χ3v) is 1.20. The van der Waals surface area contributed by atoms with Gasteiger partial charge in [-0.05, 0) is 13.8 Å². The Hall–Kier alpha value is -1.06. The van der Waals surface area contributed by atoms with E-state index in [2.05, 4.69) is 5.10 Å². The van der Waals surface area contributed by atoms with E-state index in [-0.39, 0.29) is 17.8 Å². The van der Waals surface area contributed by atoms with Crippen molar-refractivity contribution in [1.82, 2.24) is 9.78 Å². The molecule has 0 fully saturated rings. The summed E-state index contributed by atoms with van der Waals surface area (Å²) < 4.78 is 13.9. The van der Waals surface area contributed by atoms with Crippen LogP contribution in [0.5, 0.6) is 0 Å². The first-order valence-corrected chi connectivity index (χ1v) is 3.12. The van der Waals surface area contributed by atoms with E-state index in [0.29, 0.717) is 0 Å². The highest BCUT2D eigenvalue weighted by atomic mass is 19.1. The van der Waals surface area contributed by atoms with Gasteiger partial charge in [0.2, 0.25) is 5.95 Å². The molecule has 0 bridgehead atoms. The summed E-state index contributed by atoms with van der Waals surface area (Å²) in [5.74, 6) is -0.154. The van der Waals surface area contributed by atoms with Gasteiger partial charge in [0.05, 0.1) is 0 Å². The van der Waals surface area contributed by atoms with Crippen LogP contribution in [0.4, 0.5) is 10.2 Å². The van der Waals surface area contributed by atoms with Crippen LogP contribution in [0.3, 0.4) is 0 Å². The topological polar surface area (TPSA) is 43.8 Å². The first-order chi connectivity index (χ1) is 4.61. The molecule has 2 N–H and O–H groups in total. The van der Waals surface area contributed by atoms with Crippen molar-refractivity contribution in [2.75, 3.05) is 5.73 Å². The van der Waals surface area contributed by atoms with Crippen molar-refractivity contribution in [3.63, 3.8) is 0 Å². The fourth-order valence-corrected chi connectivity index (χ4v) is 0.751. The van der Waals surface area contributed by atoms with E-state index in [4.69, 9.17) is 5.73 Å². The molecule has 1 aromatic heterocycles. The number of halogens is 1. The maximum Gasteiger partial charge on any atom is 0.213 e. The minimum Gasteiger partial charge on any atom is -0.382 e. The molecule has 3 nitrogen and oxygen atoms in total. The van der Waals surface area contributed by atoms with Gasteiger partial charge in [-0.25, -0.2) is 4.68 Å². The van der Waals surface area contributed by atoms with Crippen molar-refractivity contribution in [3.05, 3.63) is 12.0 Å². The van der Waals surface area contributed by atoms with Crippen LogP contribution < -0.4 is 5.73 Å². The van der Waals surface area contributed by atoms with Crippen LogP contribution >= 0.6 is 0 Å². The lowest BCUT2D eigenvalue weighted by Crippen LogP contribution is -2.05. The molecular weight excluding hydrogens is 133 g/mol. The first kappa shape index (κ1) is 7.05. The summed E-state index contributed by atoms with van der Waals surface area (Å²) in [6.07, 6.45) is 0. The van der Waals surface area contributed by atoms with E-state index in [1.165, 1.54) is 10.7 Å². The van der Waals surface area contributed by atoms with Crippen molar-refractivity contribution >= 4 is 5.82 Å². The molecule has 10 heavy (non-hydrogen) atoms. The normalized spacial score (nSPS) is 10.8. The number of aromatic nitrogens is 2. The molecule has 4 heteroatoms. The maximum absolute atomic E-state index is 12.7. The van der Waals surface area contributed by atoms with E-state index in [1.54, 1.807) is 0 Å². The molecule has 0 spiro atoms. The molecule has 56 valence electrons. The minimum atomic E-state index is -0.382. The predicted octanol–water partition coefficient (Wildman–Crippen LogP) is 1.19. The molecule has 0 saturated carbocycles. The van der Waals surface area contributed by atoms with Crippen LogP contribution in [0, 0.1) is 5.95 Å². The lowest BCUT2D eigenvalue weighted by molar-refractivity contribution is 0.416. The zero-order valence-corrected chi connectivity index (χ0v) is 6.00. The zero-order valence-electron chi connectivity index (χ0n) is 6.00. The minimum absolute atomic E-state index is 0.0253. The summed E-state index contributed by atoms with van der Waals surface area (Å²) in [5, 5.41) is 3.73. The lowest BCUT2D eigenvalue weighted by atomic mass is 10.4. The Bertz CT molecular complexity index is 229. The van der Waals surface area contributed by atoms with E-state index in [0.717, 1.165) is 0 Å². The molecule has 1 aromatic rings. The van der Waals surface area contributed by atoms with Gasteiger partial charge in [0, 0.05) is 12.1 Å². The number of anilines is 1. The Kier molecular flexibility index (Phi) is 1.61. The van der Waals surface area contributed by atoms with Gasteiger partial charge in [-0.1, -0.05) is 0 Å². The van der Waals surface area contributed by atoms with E-state index in [1.807, 2.05) is 13.8 Å². The number of nitrogens with two attached hydrogens (primary N) is 1. The molecule has 0 aromatic carbocycles. The largest absolute Gasteiger partial charge is 0.382 e. The van der Waals surface area contributed by atoms with Crippen molar-refractivity contribution in [2.24, 2.45) is 0 Å². The fraction of sp³-hybridized carbons (Fsp3) is 0.500. The second kappa shape index (κ2) is 2.28. The summed E-state index contributed by atoms with van der Waals surface area (Å²) >= 11 is 0. The standard InChI is InChI=1S/C6H10FN3/c1-4(2)10-5(7)3-6(8)9-10/h3-4H,1-2H3,(H2,8,9). The molecule has 0 unspecified atom stereocenters. The average Bonchev–Trinajstić information content (AvgIpc) is 2.10. The van der Waals surface area contributed by atoms with Gasteiger partial charge in [-0.2, -0.15) is 9.49 Å². The van der Waals surface area contributed by atoms with Crippen LogP contribution in [0.15, 0.2) is 6.07 Å². The third-order valence-electron chi connectivity index (χ3n) is 1.20. The molecular formula is C6H10FN3. The fourth-order valence-electron chi connectivity index (χ4n) is 0.751. The van der Waals surface area contributed by atoms with Gasteiger partial charge in [-0.15, -0.1) is 0 Å². The smallest absolute Gasteiger partial charge is 0.213 e. The Labute approximate surface area is 58.6 Å². The Balaban J connectivity index is 3.03. The van der Waals surface area contributed by atoms with Crippen molar-refractivity contribution in [1.29, 1.82) is 0 Å². The van der Waals surface area contributed by atoms with Gasteiger partial charge in [-0.3, -0.25) is 0 Å². The van der Waals surface area contributed by atoms with Crippen LogP contribution in [0.25, 0.3) is 0 Å². The molecule has 0 aliphatic carbocycles. The first-order valence-electron chi connectivity index (χ1n) is 3.12. The van der Waals surface area contributed by atoms with Crippen LogP contribution in [0.2, 0.25) is 0 Å². The molecule has 0 saturated heterocycles. The molecule has 1 heterocycles. The van der Waals surface area contributed by atoms with Crippen molar-refractivity contribution in [2.45, 2.75) is 19.9 Å². The Morgan fingerprint density at radius 1 is 1.70 bits per heavy atom. The van der Waals surface area contributed by atoms with Gasteiger partial charge in [0.15, 0.2) is 0 Å². The number of nitrogen functional groups attached to an aromatic ring is 1. The molecule has 0 aliphatic heterocycles. The second-order valence-corrected chi connectivity index (χ2v) is 2.43. The van der Waals surface area contributed by atoms with E-state index < -0.39 is 0 Å². The highest BCUT2D eigenvalue weighted by molar-refractivity contribution is 5.24. The van der Waals surface area contributed by atoms with Gasteiger partial charge < -0.3 is 5.73 Å². The Morgan fingerprint density at radius 2 is 2.30 bits per heavy atom. The second-order valence-electron chi connectivity index (χ2n) is 2.43. The van der Waals surface area contributed by atoms with Crippen LogP contribution in [0.1, 0.15) is 19.9 Å². The summed E-state index contributed by atoms with van der Waals surface area (Å²) in [7, 11) is 0.